The van der Waals surface area contributed by atoms with Crippen LogP contribution in [0.2, 0.25) is 0 Å². The van der Waals surface area contributed by atoms with Crippen LogP contribution in [-0.2, 0) is 21.5 Å². The average Bonchev–Trinajstić information content (AvgIpc) is 3.39. The molecule has 202 valence electrons. The highest BCUT2D eigenvalue weighted by molar-refractivity contribution is 5.93. The minimum Gasteiger partial charge on any atom is -0.377 e. The first-order chi connectivity index (χ1) is 18.3. The van der Waals surface area contributed by atoms with Crippen LogP contribution in [0.1, 0.15) is 32.0 Å². The lowest BCUT2D eigenvalue weighted by molar-refractivity contribution is -0.139. The highest BCUT2D eigenvalue weighted by atomic mass is 16.5. The van der Waals surface area contributed by atoms with Gasteiger partial charge >= 0.3 is 0 Å². The fourth-order valence-electron chi connectivity index (χ4n) is 6.24. The zero-order valence-electron chi connectivity index (χ0n) is 23.0. The molecule has 6 rings (SSSR count). The van der Waals surface area contributed by atoms with Gasteiger partial charge in [0.2, 0.25) is 5.91 Å². The largest absolute Gasteiger partial charge is 0.377 e. The molecule has 0 bridgehead atoms. The SMILES string of the molecule is CC1COCCN1c1nc(-c2cccc3[nH]ccc23)nc2c1CCN(C(=O)CN1CCN(C)CC1)C2(C)C. The molecule has 1 N–H and O–H groups in total. The first kappa shape index (κ1) is 25.3. The quantitative estimate of drug-likeness (QED) is 0.570. The molecule has 2 saturated heterocycles. The Hall–Kier alpha value is -3.01. The van der Waals surface area contributed by atoms with Crippen molar-refractivity contribution in [2.24, 2.45) is 0 Å². The maximum atomic E-state index is 13.7. The van der Waals surface area contributed by atoms with Crippen molar-refractivity contribution in [3.63, 3.8) is 0 Å². The third-order valence-corrected chi connectivity index (χ3v) is 8.56. The summed E-state index contributed by atoms with van der Waals surface area (Å²) in [7, 11) is 2.14. The van der Waals surface area contributed by atoms with Crippen LogP contribution in [0, 0.1) is 0 Å². The maximum absolute atomic E-state index is 13.7. The molecular formula is C29H39N7O2. The molecule has 3 aromatic rings. The zero-order valence-corrected chi connectivity index (χ0v) is 23.0. The topological polar surface area (TPSA) is 80.8 Å². The van der Waals surface area contributed by atoms with Gasteiger partial charge in [-0.3, -0.25) is 9.69 Å². The first-order valence-electron chi connectivity index (χ1n) is 13.9. The molecule has 9 heteroatoms. The monoisotopic (exact) mass is 517 g/mol. The first-order valence-corrected chi connectivity index (χ1v) is 13.9. The number of H-pyrrole nitrogens is 1. The molecule has 1 amide bonds. The molecule has 3 aliphatic heterocycles. The summed E-state index contributed by atoms with van der Waals surface area (Å²) < 4.78 is 5.76. The number of carbonyl (C=O) groups excluding carboxylic acids is 1. The second kappa shape index (κ2) is 9.94. The standard InChI is InChI=1S/C29H39N7O2/c1-20-19-38-17-16-35(20)28-23-9-11-36(25(37)18-34-14-12-33(4)13-15-34)29(2,3)26(23)31-27(32-28)22-6-5-7-24-21(22)8-10-30-24/h5-8,10,20,30H,9,11-19H2,1-4H3. The summed E-state index contributed by atoms with van der Waals surface area (Å²) in [4.78, 5) is 36.5. The van der Waals surface area contributed by atoms with E-state index >= 15 is 0 Å². The number of amides is 1. The van der Waals surface area contributed by atoms with E-state index in [2.05, 4.69) is 65.7 Å². The van der Waals surface area contributed by atoms with E-state index in [1.807, 2.05) is 17.2 Å². The van der Waals surface area contributed by atoms with Crippen LogP contribution < -0.4 is 4.90 Å². The number of likely N-dealkylation sites (N-methyl/N-ethyl adjacent to an activating group) is 1. The number of carbonyl (C=O) groups is 1. The number of rotatable bonds is 4. The fraction of sp³-hybridized carbons (Fsp3) is 0.552. The lowest BCUT2D eigenvalue weighted by Gasteiger charge is -2.45. The van der Waals surface area contributed by atoms with Gasteiger partial charge in [-0.1, -0.05) is 12.1 Å². The van der Waals surface area contributed by atoms with Crippen LogP contribution in [0.25, 0.3) is 22.3 Å². The molecule has 0 saturated carbocycles. The van der Waals surface area contributed by atoms with E-state index in [0.717, 1.165) is 72.7 Å². The molecule has 1 atom stereocenters. The predicted molar refractivity (Wildman–Crippen MR) is 149 cm³/mol. The molecular weight excluding hydrogens is 478 g/mol. The summed E-state index contributed by atoms with van der Waals surface area (Å²) in [6.07, 6.45) is 2.71. The van der Waals surface area contributed by atoms with Gasteiger partial charge in [0, 0.05) is 67.5 Å². The average molecular weight is 518 g/mol. The predicted octanol–water partition coefficient (Wildman–Crippen LogP) is 2.72. The summed E-state index contributed by atoms with van der Waals surface area (Å²) in [5, 5.41) is 1.10. The van der Waals surface area contributed by atoms with Gasteiger partial charge in [0.25, 0.3) is 0 Å². The van der Waals surface area contributed by atoms with Crippen molar-refractivity contribution in [3.05, 3.63) is 41.7 Å². The van der Waals surface area contributed by atoms with E-state index in [9.17, 15) is 4.79 Å². The van der Waals surface area contributed by atoms with Gasteiger partial charge in [0.1, 0.15) is 5.82 Å². The summed E-state index contributed by atoms with van der Waals surface area (Å²) in [5.74, 6) is 1.89. The molecule has 5 heterocycles. The Morgan fingerprint density at radius 3 is 2.71 bits per heavy atom. The number of morpholine rings is 1. The Balaban J connectivity index is 1.41. The molecule has 3 aliphatic rings. The maximum Gasteiger partial charge on any atom is 0.237 e. The number of hydrogen-bond donors (Lipinski definition) is 1. The molecule has 1 unspecified atom stereocenters. The number of nitrogens with one attached hydrogen (secondary N) is 1. The fourth-order valence-corrected chi connectivity index (χ4v) is 6.24. The smallest absolute Gasteiger partial charge is 0.237 e. The van der Waals surface area contributed by atoms with Crippen molar-refractivity contribution in [1.29, 1.82) is 0 Å². The van der Waals surface area contributed by atoms with Gasteiger partial charge in [-0.15, -0.1) is 0 Å². The number of hydrogen-bond acceptors (Lipinski definition) is 7. The lowest BCUT2D eigenvalue weighted by Crippen LogP contribution is -2.55. The molecule has 2 aromatic heterocycles. The minimum atomic E-state index is -0.550. The number of fused-ring (bicyclic) bond motifs is 2. The minimum absolute atomic E-state index is 0.180. The number of aromatic nitrogens is 3. The Labute approximate surface area is 224 Å². The number of anilines is 1. The molecule has 38 heavy (non-hydrogen) atoms. The van der Waals surface area contributed by atoms with E-state index in [1.54, 1.807) is 0 Å². The van der Waals surface area contributed by atoms with Crippen molar-refractivity contribution in [1.82, 2.24) is 29.7 Å². The third-order valence-electron chi connectivity index (χ3n) is 8.56. The van der Waals surface area contributed by atoms with Crippen LogP contribution in [-0.4, -0.2) is 108 Å². The number of benzene rings is 1. The Morgan fingerprint density at radius 1 is 1.11 bits per heavy atom. The van der Waals surface area contributed by atoms with Crippen molar-refractivity contribution in [2.45, 2.75) is 38.8 Å². The van der Waals surface area contributed by atoms with E-state index < -0.39 is 5.54 Å². The van der Waals surface area contributed by atoms with Gasteiger partial charge < -0.3 is 24.4 Å². The van der Waals surface area contributed by atoms with Gasteiger partial charge in [-0.25, -0.2) is 9.97 Å². The third kappa shape index (κ3) is 4.46. The second-order valence-electron chi connectivity index (χ2n) is 11.5. The Morgan fingerprint density at radius 2 is 1.92 bits per heavy atom. The van der Waals surface area contributed by atoms with Crippen LogP contribution in [0.5, 0.6) is 0 Å². The summed E-state index contributed by atoms with van der Waals surface area (Å²) in [6, 6.07) is 8.52. The summed E-state index contributed by atoms with van der Waals surface area (Å²) in [6.45, 7) is 13.6. The summed E-state index contributed by atoms with van der Waals surface area (Å²) >= 11 is 0. The Bertz CT molecular complexity index is 1330. The highest BCUT2D eigenvalue weighted by Crippen LogP contribution is 2.40. The van der Waals surface area contributed by atoms with Gasteiger partial charge in [0.15, 0.2) is 5.82 Å². The molecule has 1 aromatic carbocycles. The van der Waals surface area contributed by atoms with Crippen molar-refractivity contribution in [3.8, 4) is 11.4 Å². The van der Waals surface area contributed by atoms with Crippen LogP contribution in [0.4, 0.5) is 5.82 Å². The highest BCUT2D eigenvalue weighted by Gasteiger charge is 2.42. The number of nitrogens with zero attached hydrogens (tertiary/aromatic N) is 6. The van der Waals surface area contributed by atoms with Crippen LogP contribution in [0.15, 0.2) is 30.5 Å². The van der Waals surface area contributed by atoms with E-state index in [4.69, 9.17) is 14.7 Å². The number of aromatic amines is 1. The number of ether oxygens (including phenoxy) is 1. The molecule has 2 fully saturated rings. The normalized spacial score (nSPS) is 22.6. The molecule has 9 nitrogen and oxygen atoms in total. The lowest BCUT2D eigenvalue weighted by atomic mass is 9.87. The van der Waals surface area contributed by atoms with Crippen LogP contribution in [0.3, 0.4) is 0 Å². The Kier molecular flexibility index (Phi) is 6.62. The van der Waals surface area contributed by atoms with Gasteiger partial charge in [-0.05, 0) is 46.4 Å². The van der Waals surface area contributed by atoms with Crippen LogP contribution >= 0.6 is 0 Å². The van der Waals surface area contributed by atoms with Crippen molar-refractivity contribution >= 4 is 22.6 Å². The van der Waals surface area contributed by atoms with E-state index in [0.29, 0.717) is 32.1 Å². The molecule has 0 radical (unpaired) electrons. The van der Waals surface area contributed by atoms with Crippen molar-refractivity contribution < 1.29 is 9.53 Å². The van der Waals surface area contributed by atoms with Gasteiger partial charge in [-0.2, -0.15) is 0 Å². The molecule has 0 aliphatic carbocycles. The van der Waals surface area contributed by atoms with Crippen molar-refractivity contribution in [2.75, 3.05) is 71.0 Å². The second-order valence-corrected chi connectivity index (χ2v) is 11.5. The zero-order chi connectivity index (χ0) is 26.4. The number of piperazine rings is 1. The summed E-state index contributed by atoms with van der Waals surface area (Å²) in [5.41, 5.74) is 3.64. The van der Waals surface area contributed by atoms with Gasteiger partial charge in [0.05, 0.1) is 37.0 Å². The van der Waals surface area contributed by atoms with E-state index in [-0.39, 0.29) is 11.9 Å². The van der Waals surface area contributed by atoms with E-state index in [1.165, 1.54) is 0 Å². The molecule has 0 spiro atoms.